The molecule has 0 N–H and O–H groups in total. The van der Waals surface area contributed by atoms with Crippen molar-refractivity contribution in [2.75, 3.05) is 18.0 Å². The number of piperazine rings is 1. The molecule has 3 aliphatic rings. The van der Waals surface area contributed by atoms with Gasteiger partial charge in [0, 0.05) is 24.7 Å². The lowest BCUT2D eigenvalue weighted by atomic mass is 10.1. The van der Waals surface area contributed by atoms with Gasteiger partial charge in [0.1, 0.15) is 6.04 Å². The Morgan fingerprint density at radius 2 is 1.91 bits per heavy atom. The zero-order valence-corrected chi connectivity index (χ0v) is 13.0. The molecule has 1 aromatic carbocycles. The van der Waals surface area contributed by atoms with Gasteiger partial charge in [0.05, 0.1) is 0 Å². The van der Waals surface area contributed by atoms with Crippen LogP contribution >= 0.6 is 0 Å². The van der Waals surface area contributed by atoms with Gasteiger partial charge in [-0.3, -0.25) is 9.59 Å². The minimum atomic E-state index is -0.338. The molecule has 1 atom stereocenters. The van der Waals surface area contributed by atoms with Crippen molar-refractivity contribution in [1.82, 2.24) is 4.90 Å². The maximum atomic E-state index is 12.7. The molecule has 22 heavy (non-hydrogen) atoms. The number of fused-ring (bicyclic) bond motifs is 1. The monoisotopic (exact) mass is 298 g/mol. The largest absolute Gasteiger partial charge is 0.329 e. The smallest absolute Gasteiger partial charge is 0.249 e. The van der Waals surface area contributed by atoms with E-state index >= 15 is 0 Å². The molecule has 2 aliphatic carbocycles. The average molecular weight is 298 g/mol. The van der Waals surface area contributed by atoms with E-state index in [-0.39, 0.29) is 23.8 Å². The summed E-state index contributed by atoms with van der Waals surface area (Å²) in [4.78, 5) is 28.6. The summed E-state index contributed by atoms with van der Waals surface area (Å²) in [7, 11) is 0. The van der Waals surface area contributed by atoms with Gasteiger partial charge in [-0.15, -0.1) is 0 Å². The predicted molar refractivity (Wildman–Crippen MR) is 84.7 cm³/mol. The molecule has 2 fully saturated rings. The Labute approximate surface area is 131 Å². The first kappa shape index (κ1) is 13.8. The summed E-state index contributed by atoms with van der Waals surface area (Å²) < 4.78 is 0. The molecule has 0 radical (unpaired) electrons. The molecule has 4 heteroatoms. The second kappa shape index (κ2) is 5.11. The van der Waals surface area contributed by atoms with Gasteiger partial charge in [-0.25, -0.2) is 0 Å². The summed E-state index contributed by atoms with van der Waals surface area (Å²) >= 11 is 0. The number of aryl methyl sites for hydroxylation is 2. The molecule has 116 valence electrons. The van der Waals surface area contributed by atoms with Gasteiger partial charge in [-0.05, 0) is 62.3 Å². The first-order valence-electron chi connectivity index (χ1n) is 8.39. The third kappa shape index (κ3) is 2.21. The second-order valence-corrected chi connectivity index (χ2v) is 6.78. The third-order valence-electron chi connectivity index (χ3n) is 5.26. The van der Waals surface area contributed by atoms with E-state index in [0.29, 0.717) is 13.1 Å². The highest BCUT2D eigenvalue weighted by Gasteiger charge is 2.40. The topological polar surface area (TPSA) is 40.6 Å². The van der Waals surface area contributed by atoms with E-state index in [4.69, 9.17) is 0 Å². The molecule has 0 unspecified atom stereocenters. The number of hydrogen-bond acceptors (Lipinski definition) is 2. The summed E-state index contributed by atoms with van der Waals surface area (Å²) in [5, 5.41) is 0. The number of carbonyl (C=O) groups is 2. The fourth-order valence-corrected chi connectivity index (χ4v) is 3.72. The molecule has 0 aromatic heterocycles. The van der Waals surface area contributed by atoms with Crippen molar-refractivity contribution in [3.05, 3.63) is 29.3 Å². The molecule has 1 aromatic rings. The SMILES string of the molecule is C[C@@H]1C(=O)N(c2ccc3c(c2)CCC3)CCN1C(=O)C1CC1. The highest BCUT2D eigenvalue weighted by atomic mass is 16.2. The number of anilines is 1. The molecule has 2 amide bonds. The maximum Gasteiger partial charge on any atom is 0.249 e. The van der Waals surface area contributed by atoms with E-state index in [1.54, 1.807) is 4.90 Å². The van der Waals surface area contributed by atoms with E-state index < -0.39 is 0 Å². The molecule has 1 saturated carbocycles. The molecule has 1 saturated heterocycles. The van der Waals surface area contributed by atoms with E-state index in [1.807, 2.05) is 11.8 Å². The minimum Gasteiger partial charge on any atom is -0.329 e. The van der Waals surface area contributed by atoms with Crippen molar-refractivity contribution >= 4 is 17.5 Å². The van der Waals surface area contributed by atoms with Crippen molar-refractivity contribution in [3.8, 4) is 0 Å². The summed E-state index contributed by atoms with van der Waals surface area (Å²) in [6, 6.07) is 6.06. The predicted octanol–water partition coefficient (Wildman–Crippen LogP) is 2.15. The Morgan fingerprint density at radius 3 is 2.68 bits per heavy atom. The van der Waals surface area contributed by atoms with Crippen molar-refractivity contribution in [2.45, 2.75) is 45.1 Å². The molecule has 1 aliphatic heterocycles. The van der Waals surface area contributed by atoms with Crippen LogP contribution in [0.25, 0.3) is 0 Å². The third-order valence-corrected chi connectivity index (χ3v) is 5.26. The second-order valence-electron chi connectivity index (χ2n) is 6.78. The molecular formula is C18H22N2O2. The Balaban J connectivity index is 1.54. The van der Waals surface area contributed by atoms with Crippen LogP contribution in [0.1, 0.15) is 37.3 Å². The van der Waals surface area contributed by atoms with Gasteiger partial charge in [0.25, 0.3) is 0 Å². The van der Waals surface area contributed by atoms with Crippen LogP contribution in [0.5, 0.6) is 0 Å². The van der Waals surface area contributed by atoms with E-state index in [1.165, 1.54) is 17.5 Å². The Bertz CT molecular complexity index is 636. The lowest BCUT2D eigenvalue weighted by Gasteiger charge is -2.39. The van der Waals surface area contributed by atoms with Gasteiger partial charge in [0.15, 0.2) is 0 Å². The molecule has 0 bridgehead atoms. The van der Waals surface area contributed by atoms with Crippen LogP contribution in [-0.2, 0) is 22.4 Å². The van der Waals surface area contributed by atoms with E-state index in [0.717, 1.165) is 31.4 Å². The van der Waals surface area contributed by atoms with Crippen LogP contribution in [0.2, 0.25) is 0 Å². The number of hydrogen-bond donors (Lipinski definition) is 0. The van der Waals surface area contributed by atoms with Crippen LogP contribution in [0.15, 0.2) is 18.2 Å². The average Bonchev–Trinajstić information content (AvgIpc) is 3.27. The highest BCUT2D eigenvalue weighted by molar-refractivity contribution is 6.00. The van der Waals surface area contributed by atoms with Gasteiger partial charge < -0.3 is 9.80 Å². The summed E-state index contributed by atoms with van der Waals surface area (Å²) in [5.74, 6) is 0.412. The summed E-state index contributed by atoms with van der Waals surface area (Å²) in [6.07, 6.45) is 5.47. The van der Waals surface area contributed by atoms with Crippen molar-refractivity contribution in [1.29, 1.82) is 0 Å². The fourth-order valence-electron chi connectivity index (χ4n) is 3.72. The van der Waals surface area contributed by atoms with Crippen molar-refractivity contribution in [3.63, 3.8) is 0 Å². The van der Waals surface area contributed by atoms with Crippen molar-refractivity contribution in [2.24, 2.45) is 5.92 Å². The zero-order valence-electron chi connectivity index (χ0n) is 13.0. The Morgan fingerprint density at radius 1 is 1.14 bits per heavy atom. The normalized spacial score (nSPS) is 24.6. The molecule has 4 rings (SSSR count). The summed E-state index contributed by atoms with van der Waals surface area (Å²) in [5.41, 5.74) is 3.80. The first-order valence-corrected chi connectivity index (χ1v) is 8.39. The van der Waals surface area contributed by atoms with Crippen molar-refractivity contribution < 1.29 is 9.59 Å². The zero-order chi connectivity index (χ0) is 15.3. The van der Waals surface area contributed by atoms with E-state index in [2.05, 4.69) is 18.2 Å². The highest BCUT2D eigenvalue weighted by Crippen LogP contribution is 2.33. The van der Waals surface area contributed by atoms with Gasteiger partial charge in [-0.1, -0.05) is 6.07 Å². The maximum absolute atomic E-state index is 12.7. The lowest BCUT2D eigenvalue weighted by molar-refractivity contribution is -0.141. The number of amides is 2. The quantitative estimate of drug-likeness (QED) is 0.839. The molecule has 1 heterocycles. The minimum absolute atomic E-state index is 0.0539. The fraction of sp³-hybridized carbons (Fsp3) is 0.556. The van der Waals surface area contributed by atoms with Crippen LogP contribution in [0.4, 0.5) is 5.69 Å². The van der Waals surface area contributed by atoms with Gasteiger partial charge >= 0.3 is 0 Å². The van der Waals surface area contributed by atoms with Crippen LogP contribution in [-0.4, -0.2) is 35.8 Å². The Kier molecular flexibility index (Phi) is 3.21. The van der Waals surface area contributed by atoms with Gasteiger partial charge in [-0.2, -0.15) is 0 Å². The van der Waals surface area contributed by atoms with Crippen LogP contribution in [0, 0.1) is 5.92 Å². The molecular weight excluding hydrogens is 276 g/mol. The number of rotatable bonds is 2. The molecule has 0 spiro atoms. The number of nitrogens with zero attached hydrogens (tertiary/aromatic N) is 2. The number of carbonyl (C=O) groups excluding carboxylic acids is 2. The molecule has 4 nitrogen and oxygen atoms in total. The van der Waals surface area contributed by atoms with Crippen LogP contribution < -0.4 is 4.90 Å². The summed E-state index contributed by atoms with van der Waals surface area (Å²) in [6.45, 7) is 3.13. The number of benzene rings is 1. The van der Waals surface area contributed by atoms with Crippen LogP contribution in [0.3, 0.4) is 0 Å². The van der Waals surface area contributed by atoms with Gasteiger partial charge in [0.2, 0.25) is 11.8 Å². The lowest BCUT2D eigenvalue weighted by Crippen LogP contribution is -2.58. The first-order chi connectivity index (χ1) is 10.6. The van der Waals surface area contributed by atoms with E-state index in [9.17, 15) is 9.59 Å². The standard InChI is InChI=1S/C18H22N2O2/c1-12-17(21)20(10-9-19(12)18(22)14-5-6-14)16-8-7-13-3-2-4-15(13)11-16/h7-8,11-12,14H,2-6,9-10H2,1H3/t12-/m1/s1. The Hall–Kier alpha value is -1.84.